The van der Waals surface area contributed by atoms with E-state index < -0.39 is 0 Å². The largest absolute Gasteiger partial charge is 0.493 e. The fraction of sp³-hybridized carbons (Fsp3) is 0.458. The number of amides is 1. The number of carbonyl (C=O) groups excluding carboxylic acids is 1. The topological polar surface area (TPSA) is 69.4 Å². The number of H-pyrrole nitrogens is 1. The number of ether oxygens (including phenoxy) is 1. The minimum atomic E-state index is -0.303. The Bertz CT molecular complexity index is 1000. The summed E-state index contributed by atoms with van der Waals surface area (Å²) in [6.07, 6.45) is 7.60. The summed E-state index contributed by atoms with van der Waals surface area (Å²) in [7, 11) is 0. The SMILES string of the molecule is CC1=C(C(=O)NN2CCCCC2)c2[nH]ccc2C(c2cc(F)ccc2OCC2CC2)N1. The van der Waals surface area contributed by atoms with Crippen molar-refractivity contribution in [2.24, 2.45) is 5.92 Å². The van der Waals surface area contributed by atoms with Gasteiger partial charge in [-0.1, -0.05) is 6.42 Å². The molecule has 1 saturated heterocycles. The first-order valence-electron chi connectivity index (χ1n) is 11.2. The molecule has 3 heterocycles. The monoisotopic (exact) mass is 424 g/mol. The van der Waals surface area contributed by atoms with Crippen LogP contribution < -0.4 is 15.5 Å². The Balaban J connectivity index is 1.43. The van der Waals surface area contributed by atoms with Gasteiger partial charge in [0.15, 0.2) is 0 Å². The van der Waals surface area contributed by atoms with Gasteiger partial charge in [-0.2, -0.15) is 0 Å². The van der Waals surface area contributed by atoms with E-state index in [-0.39, 0.29) is 17.8 Å². The number of allylic oxidation sites excluding steroid dienone is 1. The summed E-state index contributed by atoms with van der Waals surface area (Å²) >= 11 is 0. The molecule has 1 aromatic carbocycles. The van der Waals surface area contributed by atoms with Gasteiger partial charge in [-0.05, 0) is 62.8 Å². The number of benzene rings is 1. The summed E-state index contributed by atoms with van der Waals surface area (Å²) in [5, 5.41) is 5.44. The molecule has 2 fully saturated rings. The van der Waals surface area contributed by atoms with Gasteiger partial charge >= 0.3 is 0 Å². The molecule has 1 aromatic heterocycles. The number of aromatic nitrogens is 1. The highest BCUT2D eigenvalue weighted by atomic mass is 19.1. The molecule has 2 aromatic rings. The third-order valence-corrected chi connectivity index (χ3v) is 6.37. The second-order valence-corrected chi connectivity index (χ2v) is 8.81. The minimum Gasteiger partial charge on any atom is -0.493 e. The smallest absolute Gasteiger partial charge is 0.269 e. The second-order valence-electron chi connectivity index (χ2n) is 8.81. The zero-order chi connectivity index (χ0) is 21.4. The van der Waals surface area contributed by atoms with Crippen molar-refractivity contribution in [3.05, 3.63) is 58.8 Å². The van der Waals surface area contributed by atoms with Gasteiger partial charge in [-0.25, -0.2) is 9.40 Å². The Morgan fingerprint density at radius 1 is 1.19 bits per heavy atom. The van der Waals surface area contributed by atoms with E-state index in [9.17, 15) is 9.18 Å². The Morgan fingerprint density at radius 3 is 2.77 bits per heavy atom. The average Bonchev–Trinajstić information content (AvgIpc) is 3.47. The summed E-state index contributed by atoms with van der Waals surface area (Å²) in [4.78, 5) is 16.4. The van der Waals surface area contributed by atoms with E-state index in [0.29, 0.717) is 23.8 Å². The lowest BCUT2D eigenvalue weighted by Crippen LogP contribution is -2.46. The van der Waals surface area contributed by atoms with Crippen molar-refractivity contribution in [1.29, 1.82) is 0 Å². The number of nitrogens with zero attached hydrogens (tertiary/aromatic N) is 1. The zero-order valence-electron chi connectivity index (χ0n) is 17.8. The number of hydrogen-bond acceptors (Lipinski definition) is 4. The van der Waals surface area contributed by atoms with Crippen LogP contribution in [0.4, 0.5) is 4.39 Å². The number of aromatic amines is 1. The normalized spacial score (nSPS) is 21.4. The quantitative estimate of drug-likeness (QED) is 0.658. The zero-order valence-corrected chi connectivity index (χ0v) is 17.8. The molecule has 3 N–H and O–H groups in total. The fourth-order valence-corrected chi connectivity index (χ4v) is 4.50. The maximum Gasteiger partial charge on any atom is 0.269 e. The van der Waals surface area contributed by atoms with Crippen LogP contribution in [0.1, 0.15) is 61.9 Å². The Hall–Kier alpha value is -2.80. The molecule has 1 amide bonds. The van der Waals surface area contributed by atoms with Crippen molar-refractivity contribution in [2.45, 2.75) is 45.1 Å². The molecule has 6 nitrogen and oxygen atoms in total. The van der Waals surface area contributed by atoms with Gasteiger partial charge in [0.05, 0.1) is 23.9 Å². The highest BCUT2D eigenvalue weighted by Crippen LogP contribution is 2.39. The van der Waals surface area contributed by atoms with E-state index in [1.54, 1.807) is 6.07 Å². The Kier molecular flexibility index (Phi) is 5.44. The van der Waals surface area contributed by atoms with Crippen molar-refractivity contribution < 1.29 is 13.9 Å². The summed E-state index contributed by atoms with van der Waals surface area (Å²) in [6.45, 7) is 4.29. The Morgan fingerprint density at radius 2 is 2.00 bits per heavy atom. The van der Waals surface area contributed by atoms with Gasteiger partial charge in [-0.15, -0.1) is 0 Å². The summed E-state index contributed by atoms with van der Waals surface area (Å²) in [6, 6.07) is 6.33. The van der Waals surface area contributed by atoms with E-state index in [4.69, 9.17) is 4.74 Å². The molecular weight excluding hydrogens is 395 g/mol. The fourth-order valence-electron chi connectivity index (χ4n) is 4.50. The van der Waals surface area contributed by atoms with Crippen LogP contribution in [0.25, 0.3) is 5.57 Å². The molecule has 1 atom stereocenters. The highest BCUT2D eigenvalue weighted by molar-refractivity contribution is 6.20. The molecule has 0 radical (unpaired) electrons. The number of fused-ring (bicyclic) bond motifs is 1. The summed E-state index contributed by atoms with van der Waals surface area (Å²) in [5.74, 6) is 0.861. The van der Waals surface area contributed by atoms with Crippen LogP contribution in [-0.2, 0) is 4.79 Å². The number of halogens is 1. The molecule has 1 aliphatic carbocycles. The van der Waals surface area contributed by atoms with Crippen molar-refractivity contribution in [1.82, 2.24) is 20.7 Å². The van der Waals surface area contributed by atoms with E-state index in [0.717, 1.165) is 48.4 Å². The first kappa shape index (κ1) is 20.1. The average molecular weight is 425 g/mol. The van der Waals surface area contributed by atoms with Gasteiger partial charge in [0, 0.05) is 36.1 Å². The molecular formula is C24H29FN4O2. The number of carbonyl (C=O) groups is 1. The first-order chi connectivity index (χ1) is 15.1. The lowest BCUT2D eigenvalue weighted by atomic mass is 9.90. The molecule has 164 valence electrons. The van der Waals surface area contributed by atoms with E-state index in [2.05, 4.69) is 15.7 Å². The molecule has 2 aliphatic heterocycles. The Labute approximate surface area is 181 Å². The van der Waals surface area contributed by atoms with Gasteiger partial charge in [0.1, 0.15) is 11.6 Å². The lowest BCUT2D eigenvalue weighted by molar-refractivity contribution is -0.120. The molecule has 5 rings (SSSR count). The van der Waals surface area contributed by atoms with Crippen LogP contribution in [0.3, 0.4) is 0 Å². The van der Waals surface area contributed by atoms with Gasteiger partial charge in [0.2, 0.25) is 0 Å². The molecule has 31 heavy (non-hydrogen) atoms. The molecule has 3 aliphatic rings. The van der Waals surface area contributed by atoms with Crippen LogP contribution in [0.15, 0.2) is 36.2 Å². The van der Waals surface area contributed by atoms with Crippen LogP contribution in [0.2, 0.25) is 0 Å². The van der Waals surface area contributed by atoms with Gasteiger partial charge in [0.25, 0.3) is 5.91 Å². The maximum absolute atomic E-state index is 14.2. The summed E-state index contributed by atoms with van der Waals surface area (Å²) in [5.41, 5.74) is 6.84. The third kappa shape index (κ3) is 4.19. The number of nitrogens with one attached hydrogen (secondary N) is 3. The molecule has 7 heteroatoms. The number of rotatable bonds is 6. The van der Waals surface area contributed by atoms with E-state index in [1.165, 1.54) is 31.4 Å². The van der Waals surface area contributed by atoms with Crippen LogP contribution >= 0.6 is 0 Å². The molecule has 0 spiro atoms. The van der Waals surface area contributed by atoms with Crippen LogP contribution in [-0.4, -0.2) is 35.6 Å². The number of piperidine rings is 1. The van der Waals surface area contributed by atoms with Crippen LogP contribution in [0, 0.1) is 11.7 Å². The second kappa shape index (κ2) is 8.38. The standard InChI is InChI=1S/C24H29FN4O2/c1-15-21(24(30)28-29-11-3-2-4-12-29)23-18(9-10-26-23)22(27-15)19-13-17(25)7-8-20(19)31-14-16-5-6-16/h7-10,13,16,22,26-27H,2-6,11-12,14H2,1H3,(H,28,30). The lowest BCUT2D eigenvalue weighted by Gasteiger charge is -2.31. The van der Waals surface area contributed by atoms with E-state index in [1.807, 2.05) is 24.2 Å². The van der Waals surface area contributed by atoms with Crippen molar-refractivity contribution in [3.8, 4) is 5.75 Å². The van der Waals surface area contributed by atoms with Gasteiger partial charge < -0.3 is 15.0 Å². The minimum absolute atomic E-state index is 0.126. The third-order valence-electron chi connectivity index (χ3n) is 6.37. The maximum atomic E-state index is 14.2. The number of hydrogen-bond donors (Lipinski definition) is 3. The molecule has 1 unspecified atom stereocenters. The van der Waals surface area contributed by atoms with Crippen LogP contribution in [0.5, 0.6) is 5.75 Å². The predicted molar refractivity (Wildman–Crippen MR) is 117 cm³/mol. The first-order valence-corrected chi connectivity index (χ1v) is 11.2. The van der Waals surface area contributed by atoms with Crippen molar-refractivity contribution in [2.75, 3.05) is 19.7 Å². The number of hydrazine groups is 1. The van der Waals surface area contributed by atoms with Crippen molar-refractivity contribution >= 4 is 11.5 Å². The summed E-state index contributed by atoms with van der Waals surface area (Å²) < 4.78 is 20.3. The van der Waals surface area contributed by atoms with E-state index >= 15 is 0 Å². The van der Waals surface area contributed by atoms with Crippen molar-refractivity contribution in [3.63, 3.8) is 0 Å². The molecule has 0 bridgehead atoms. The van der Waals surface area contributed by atoms with Gasteiger partial charge in [-0.3, -0.25) is 10.2 Å². The predicted octanol–water partition coefficient (Wildman–Crippen LogP) is 3.88. The molecule has 1 saturated carbocycles. The highest BCUT2D eigenvalue weighted by Gasteiger charge is 2.33.